The average molecular weight is 232 g/mol. The van der Waals surface area contributed by atoms with Crippen molar-refractivity contribution in [3.8, 4) is 6.07 Å². The highest BCUT2D eigenvalue weighted by molar-refractivity contribution is 5.59. The lowest BCUT2D eigenvalue weighted by Crippen LogP contribution is -2.24. The van der Waals surface area contributed by atoms with Crippen molar-refractivity contribution in [3.63, 3.8) is 0 Å². The average Bonchev–Trinajstić information content (AvgIpc) is 2.28. The van der Waals surface area contributed by atoms with Gasteiger partial charge in [-0.15, -0.1) is 0 Å². The number of likely N-dealkylation sites (N-methyl/N-ethyl adjacent to an activating group) is 1. The minimum Gasteiger partial charge on any atom is -0.377 e. The van der Waals surface area contributed by atoms with Crippen LogP contribution in [0, 0.1) is 18.3 Å². The molecule has 0 aromatic heterocycles. The highest BCUT2D eigenvalue weighted by Gasteiger charge is 2.07. The van der Waals surface area contributed by atoms with Crippen LogP contribution in [-0.4, -0.2) is 26.3 Å². The third kappa shape index (κ3) is 4.08. The summed E-state index contributed by atoms with van der Waals surface area (Å²) in [6, 6.07) is 8.16. The molecule has 0 bridgehead atoms. The molecule has 0 N–H and O–H groups in total. The molecule has 0 aliphatic heterocycles. The SMILES string of the molecule is Cc1ccc(N(C)CCOC(C)C)c(C#N)c1. The number of benzene rings is 1. The summed E-state index contributed by atoms with van der Waals surface area (Å²) >= 11 is 0. The molecular weight excluding hydrogens is 212 g/mol. The van der Waals surface area contributed by atoms with Gasteiger partial charge in [-0.25, -0.2) is 0 Å². The third-order valence-electron chi connectivity index (χ3n) is 2.56. The molecule has 1 aromatic rings. The van der Waals surface area contributed by atoms with Crippen molar-refractivity contribution in [3.05, 3.63) is 29.3 Å². The Hall–Kier alpha value is -1.53. The number of anilines is 1. The molecule has 1 rings (SSSR count). The van der Waals surface area contributed by atoms with E-state index in [0.29, 0.717) is 6.61 Å². The topological polar surface area (TPSA) is 36.3 Å². The van der Waals surface area contributed by atoms with Gasteiger partial charge in [0.25, 0.3) is 0 Å². The molecule has 0 atom stereocenters. The zero-order chi connectivity index (χ0) is 12.8. The molecule has 0 radical (unpaired) electrons. The molecule has 0 heterocycles. The first-order chi connectivity index (χ1) is 8.04. The lowest BCUT2D eigenvalue weighted by atomic mass is 10.1. The van der Waals surface area contributed by atoms with Crippen LogP contribution in [0.2, 0.25) is 0 Å². The van der Waals surface area contributed by atoms with E-state index in [1.807, 2.05) is 46.0 Å². The number of hydrogen-bond acceptors (Lipinski definition) is 3. The Morgan fingerprint density at radius 2 is 2.12 bits per heavy atom. The molecule has 0 saturated heterocycles. The first-order valence-corrected chi connectivity index (χ1v) is 5.88. The van der Waals surface area contributed by atoms with Gasteiger partial charge in [-0.1, -0.05) is 6.07 Å². The zero-order valence-corrected chi connectivity index (χ0v) is 11.0. The van der Waals surface area contributed by atoms with Gasteiger partial charge in [-0.2, -0.15) is 5.26 Å². The second-order valence-electron chi connectivity index (χ2n) is 4.47. The van der Waals surface area contributed by atoms with Gasteiger partial charge in [0.2, 0.25) is 0 Å². The van der Waals surface area contributed by atoms with Crippen LogP contribution in [0.15, 0.2) is 18.2 Å². The lowest BCUT2D eigenvalue weighted by molar-refractivity contribution is 0.0846. The molecule has 17 heavy (non-hydrogen) atoms. The molecule has 0 fully saturated rings. The van der Waals surface area contributed by atoms with Gasteiger partial charge < -0.3 is 9.64 Å². The maximum Gasteiger partial charge on any atom is 0.101 e. The fraction of sp³-hybridized carbons (Fsp3) is 0.500. The van der Waals surface area contributed by atoms with Crippen molar-refractivity contribution >= 4 is 5.69 Å². The van der Waals surface area contributed by atoms with Gasteiger partial charge in [-0.3, -0.25) is 0 Å². The van der Waals surface area contributed by atoms with Crippen LogP contribution in [-0.2, 0) is 4.74 Å². The van der Waals surface area contributed by atoms with E-state index in [-0.39, 0.29) is 6.10 Å². The van der Waals surface area contributed by atoms with Crippen LogP contribution >= 0.6 is 0 Å². The molecule has 0 spiro atoms. The molecule has 1 aromatic carbocycles. The van der Waals surface area contributed by atoms with E-state index < -0.39 is 0 Å². The van der Waals surface area contributed by atoms with Crippen molar-refractivity contribution in [2.75, 3.05) is 25.1 Å². The first-order valence-electron chi connectivity index (χ1n) is 5.88. The van der Waals surface area contributed by atoms with Crippen LogP contribution in [0.5, 0.6) is 0 Å². The summed E-state index contributed by atoms with van der Waals surface area (Å²) < 4.78 is 5.51. The summed E-state index contributed by atoms with van der Waals surface area (Å²) in [6.45, 7) is 7.49. The van der Waals surface area contributed by atoms with Crippen molar-refractivity contribution < 1.29 is 4.74 Å². The van der Waals surface area contributed by atoms with Crippen LogP contribution in [0.1, 0.15) is 25.0 Å². The van der Waals surface area contributed by atoms with E-state index in [1.54, 1.807) is 0 Å². The Bertz CT molecular complexity index is 407. The van der Waals surface area contributed by atoms with Crippen LogP contribution < -0.4 is 4.90 Å². The van der Waals surface area contributed by atoms with Gasteiger partial charge >= 0.3 is 0 Å². The van der Waals surface area contributed by atoms with Crippen molar-refractivity contribution in [1.29, 1.82) is 5.26 Å². The zero-order valence-electron chi connectivity index (χ0n) is 11.0. The van der Waals surface area contributed by atoms with Crippen molar-refractivity contribution in [1.82, 2.24) is 0 Å². The number of nitriles is 1. The highest BCUT2D eigenvalue weighted by atomic mass is 16.5. The standard InChI is InChI=1S/C14H20N2O/c1-11(2)17-8-7-16(4)14-6-5-12(3)9-13(14)10-15/h5-6,9,11H,7-8H2,1-4H3. The number of hydrogen-bond donors (Lipinski definition) is 0. The Kier molecular flexibility index (Phi) is 4.99. The van der Waals surface area contributed by atoms with Crippen LogP contribution in [0.3, 0.4) is 0 Å². The molecule has 0 amide bonds. The maximum atomic E-state index is 9.10. The van der Waals surface area contributed by atoms with Gasteiger partial charge in [-0.05, 0) is 38.5 Å². The maximum absolute atomic E-state index is 9.10. The molecule has 3 heteroatoms. The number of aryl methyl sites for hydroxylation is 1. The molecular formula is C14H20N2O. The molecule has 0 aliphatic rings. The van der Waals surface area contributed by atoms with Crippen molar-refractivity contribution in [2.24, 2.45) is 0 Å². The normalized spacial score (nSPS) is 10.4. The highest BCUT2D eigenvalue weighted by Crippen LogP contribution is 2.19. The van der Waals surface area contributed by atoms with E-state index in [2.05, 4.69) is 11.0 Å². The summed E-state index contributed by atoms with van der Waals surface area (Å²) in [5.41, 5.74) is 2.79. The van der Waals surface area contributed by atoms with Gasteiger partial charge in [0.05, 0.1) is 24.0 Å². The number of nitrogens with zero attached hydrogens (tertiary/aromatic N) is 2. The number of ether oxygens (including phenoxy) is 1. The largest absolute Gasteiger partial charge is 0.377 e. The van der Waals surface area contributed by atoms with E-state index in [4.69, 9.17) is 10.00 Å². The van der Waals surface area contributed by atoms with Crippen molar-refractivity contribution in [2.45, 2.75) is 26.9 Å². The Labute approximate surface area is 104 Å². The second-order valence-corrected chi connectivity index (χ2v) is 4.47. The molecule has 0 aliphatic carbocycles. The first kappa shape index (κ1) is 13.5. The Balaban J connectivity index is 2.69. The van der Waals surface area contributed by atoms with E-state index in [1.165, 1.54) is 0 Å². The van der Waals surface area contributed by atoms with E-state index in [0.717, 1.165) is 23.4 Å². The fourth-order valence-corrected chi connectivity index (χ4v) is 1.62. The van der Waals surface area contributed by atoms with E-state index >= 15 is 0 Å². The molecule has 0 saturated carbocycles. The number of rotatable bonds is 5. The molecule has 0 unspecified atom stereocenters. The predicted octanol–water partition coefficient (Wildman–Crippen LogP) is 2.73. The summed E-state index contributed by atoms with van der Waals surface area (Å²) in [7, 11) is 1.98. The quantitative estimate of drug-likeness (QED) is 0.783. The van der Waals surface area contributed by atoms with Gasteiger partial charge in [0, 0.05) is 13.6 Å². The third-order valence-corrected chi connectivity index (χ3v) is 2.56. The summed E-state index contributed by atoms with van der Waals surface area (Å²) in [4.78, 5) is 2.06. The van der Waals surface area contributed by atoms with E-state index in [9.17, 15) is 0 Å². The summed E-state index contributed by atoms with van der Waals surface area (Å²) in [5.74, 6) is 0. The minimum atomic E-state index is 0.247. The smallest absolute Gasteiger partial charge is 0.101 e. The molecule has 3 nitrogen and oxygen atoms in total. The van der Waals surface area contributed by atoms with Crippen LogP contribution in [0.25, 0.3) is 0 Å². The van der Waals surface area contributed by atoms with Crippen LogP contribution in [0.4, 0.5) is 5.69 Å². The monoisotopic (exact) mass is 232 g/mol. The molecule has 92 valence electrons. The van der Waals surface area contributed by atoms with Gasteiger partial charge in [0.1, 0.15) is 6.07 Å². The second kappa shape index (κ2) is 6.27. The minimum absolute atomic E-state index is 0.247. The lowest BCUT2D eigenvalue weighted by Gasteiger charge is -2.21. The fourth-order valence-electron chi connectivity index (χ4n) is 1.62. The van der Waals surface area contributed by atoms with Gasteiger partial charge in [0.15, 0.2) is 0 Å². The Morgan fingerprint density at radius 1 is 1.41 bits per heavy atom. The Morgan fingerprint density at radius 3 is 2.71 bits per heavy atom. The summed E-state index contributed by atoms with van der Waals surface area (Å²) in [5, 5.41) is 9.10. The predicted molar refractivity (Wildman–Crippen MR) is 70.3 cm³/mol. The summed E-state index contributed by atoms with van der Waals surface area (Å²) in [6.07, 6.45) is 0.247.